The summed E-state index contributed by atoms with van der Waals surface area (Å²) < 4.78 is 4.67. The molecule has 0 amide bonds. The minimum atomic E-state index is -0.470. The Morgan fingerprint density at radius 1 is 1.28 bits per heavy atom. The van der Waals surface area contributed by atoms with Gasteiger partial charge in [0.2, 0.25) is 5.78 Å². The molecule has 1 aromatic carbocycles. The molecule has 0 bridgehead atoms. The molecule has 3 heteroatoms. The van der Waals surface area contributed by atoms with E-state index >= 15 is 0 Å². The van der Waals surface area contributed by atoms with Gasteiger partial charge < -0.3 is 4.74 Å². The van der Waals surface area contributed by atoms with Crippen LogP contribution in [0.1, 0.15) is 18.1 Å². The first-order valence-electron chi connectivity index (χ1n) is 5.64. The predicted octanol–water partition coefficient (Wildman–Crippen LogP) is 2.38. The van der Waals surface area contributed by atoms with E-state index in [4.69, 9.17) is 0 Å². The number of hydrogen-bond acceptors (Lipinski definition) is 3. The Labute approximate surface area is 107 Å². The molecule has 0 unspecified atom stereocenters. The molecule has 0 fully saturated rings. The van der Waals surface area contributed by atoms with Crippen molar-refractivity contribution in [3.05, 3.63) is 53.3 Å². The first-order chi connectivity index (χ1) is 8.52. The van der Waals surface area contributed by atoms with E-state index < -0.39 is 5.97 Å². The fourth-order valence-electron chi connectivity index (χ4n) is 1.42. The summed E-state index contributed by atoms with van der Waals surface area (Å²) in [5, 5.41) is 0. The lowest BCUT2D eigenvalue weighted by Crippen LogP contribution is -2.14. The van der Waals surface area contributed by atoms with Crippen molar-refractivity contribution in [1.29, 1.82) is 0 Å². The maximum absolute atomic E-state index is 11.7. The minimum Gasteiger partial charge on any atom is -0.457 e. The van der Waals surface area contributed by atoms with Crippen molar-refractivity contribution in [3.63, 3.8) is 0 Å². The lowest BCUT2D eigenvalue weighted by Gasteiger charge is -2.05. The molecule has 0 radical (unpaired) electrons. The van der Waals surface area contributed by atoms with Crippen LogP contribution in [0.25, 0.3) is 0 Å². The third-order valence-corrected chi connectivity index (χ3v) is 2.46. The molecular formula is C15H16O3. The highest BCUT2D eigenvalue weighted by atomic mass is 16.5. The molecule has 0 aliphatic carbocycles. The van der Waals surface area contributed by atoms with Crippen LogP contribution in [0.4, 0.5) is 0 Å². The topological polar surface area (TPSA) is 43.4 Å². The molecule has 0 heterocycles. The third-order valence-electron chi connectivity index (χ3n) is 2.46. The van der Waals surface area contributed by atoms with Crippen LogP contribution in [-0.2, 0) is 20.7 Å². The van der Waals surface area contributed by atoms with E-state index in [1.807, 2.05) is 31.2 Å². The van der Waals surface area contributed by atoms with Crippen molar-refractivity contribution in [2.45, 2.75) is 20.3 Å². The van der Waals surface area contributed by atoms with Gasteiger partial charge in [0.25, 0.3) is 0 Å². The number of ether oxygens (including phenoxy) is 1. The quantitative estimate of drug-likeness (QED) is 0.454. The number of benzene rings is 1. The maximum atomic E-state index is 11.7. The van der Waals surface area contributed by atoms with Crippen molar-refractivity contribution in [3.8, 4) is 0 Å². The van der Waals surface area contributed by atoms with Crippen LogP contribution in [0.5, 0.6) is 0 Å². The van der Waals surface area contributed by atoms with Gasteiger partial charge >= 0.3 is 5.97 Å². The Hall–Kier alpha value is -2.12. The molecule has 0 spiro atoms. The van der Waals surface area contributed by atoms with Crippen LogP contribution in [0.2, 0.25) is 0 Å². The van der Waals surface area contributed by atoms with Crippen LogP contribution in [0.15, 0.2) is 42.1 Å². The highest BCUT2D eigenvalue weighted by Crippen LogP contribution is 2.10. The monoisotopic (exact) mass is 244 g/mol. The van der Waals surface area contributed by atoms with Crippen LogP contribution < -0.4 is 0 Å². The lowest BCUT2D eigenvalue weighted by molar-refractivity contribution is -0.144. The highest BCUT2D eigenvalue weighted by molar-refractivity contribution is 5.97. The predicted molar refractivity (Wildman–Crippen MR) is 69.2 cm³/mol. The van der Waals surface area contributed by atoms with Gasteiger partial charge in [0.1, 0.15) is 0 Å². The van der Waals surface area contributed by atoms with E-state index in [2.05, 4.69) is 17.0 Å². The number of carbonyl (C=O) groups is 2. The summed E-state index contributed by atoms with van der Waals surface area (Å²) in [4.78, 5) is 22.4. The van der Waals surface area contributed by atoms with Crippen molar-refractivity contribution in [2.75, 3.05) is 6.61 Å². The van der Waals surface area contributed by atoms with E-state index in [0.717, 1.165) is 11.1 Å². The number of rotatable bonds is 5. The molecular weight excluding hydrogens is 228 g/mol. The molecule has 0 aliphatic rings. The number of ketones is 1. The smallest absolute Gasteiger partial charge is 0.303 e. The Bertz CT molecular complexity index is 491. The Morgan fingerprint density at radius 3 is 2.39 bits per heavy atom. The zero-order chi connectivity index (χ0) is 13.5. The molecule has 18 heavy (non-hydrogen) atoms. The highest BCUT2D eigenvalue weighted by Gasteiger charge is 2.11. The van der Waals surface area contributed by atoms with Crippen molar-refractivity contribution >= 4 is 11.8 Å². The molecule has 0 atom stereocenters. The number of hydrogen-bond donors (Lipinski definition) is 0. The molecule has 0 saturated heterocycles. The van der Waals surface area contributed by atoms with Gasteiger partial charge in [0, 0.05) is 18.9 Å². The zero-order valence-corrected chi connectivity index (χ0v) is 10.7. The summed E-state index contributed by atoms with van der Waals surface area (Å²) in [7, 11) is 0. The lowest BCUT2D eigenvalue weighted by atomic mass is 10.0. The molecule has 1 aromatic rings. The SMILES string of the molecule is C=C=C(Cc1ccc(C)cc1)C(=O)COC(C)=O. The zero-order valence-electron chi connectivity index (χ0n) is 10.7. The molecule has 0 saturated carbocycles. The van der Waals surface area contributed by atoms with Gasteiger partial charge in [-0.1, -0.05) is 36.4 Å². The second-order valence-electron chi connectivity index (χ2n) is 4.02. The van der Waals surface area contributed by atoms with Gasteiger partial charge in [-0.2, -0.15) is 0 Å². The standard InChI is InChI=1S/C15H16O3/c1-4-14(15(17)10-18-12(3)16)9-13-7-5-11(2)6-8-13/h5-8H,1,9-10H2,2-3H3. The van der Waals surface area contributed by atoms with Gasteiger partial charge in [0.05, 0.1) is 0 Å². The summed E-state index contributed by atoms with van der Waals surface area (Å²) >= 11 is 0. The maximum Gasteiger partial charge on any atom is 0.303 e. The van der Waals surface area contributed by atoms with Crippen molar-refractivity contribution < 1.29 is 14.3 Å². The summed E-state index contributed by atoms with van der Waals surface area (Å²) in [6.07, 6.45) is 0.448. The Kier molecular flexibility index (Phi) is 5.09. The Morgan fingerprint density at radius 2 is 1.89 bits per heavy atom. The fourth-order valence-corrected chi connectivity index (χ4v) is 1.42. The van der Waals surface area contributed by atoms with Gasteiger partial charge in [-0.15, -0.1) is 5.73 Å². The van der Waals surface area contributed by atoms with Crippen LogP contribution in [-0.4, -0.2) is 18.4 Å². The third kappa shape index (κ3) is 4.40. The van der Waals surface area contributed by atoms with E-state index in [-0.39, 0.29) is 12.4 Å². The van der Waals surface area contributed by atoms with E-state index in [0.29, 0.717) is 12.0 Å². The number of esters is 1. The molecule has 94 valence electrons. The second kappa shape index (κ2) is 6.58. The van der Waals surface area contributed by atoms with E-state index in [1.165, 1.54) is 6.92 Å². The molecule has 0 aliphatic heterocycles. The Balaban J connectivity index is 2.68. The molecule has 1 rings (SSSR count). The normalized spacial score (nSPS) is 9.44. The van der Waals surface area contributed by atoms with Crippen molar-refractivity contribution in [1.82, 2.24) is 0 Å². The van der Waals surface area contributed by atoms with Crippen LogP contribution in [0, 0.1) is 6.92 Å². The van der Waals surface area contributed by atoms with Gasteiger partial charge in [0.15, 0.2) is 6.61 Å². The van der Waals surface area contributed by atoms with Gasteiger partial charge in [-0.3, -0.25) is 9.59 Å². The number of carbonyl (C=O) groups excluding carboxylic acids is 2. The van der Waals surface area contributed by atoms with Gasteiger partial charge in [-0.05, 0) is 12.5 Å². The average molecular weight is 244 g/mol. The number of Topliss-reactive ketones (excluding diaryl/α,β-unsaturated/α-hetero) is 1. The second-order valence-corrected chi connectivity index (χ2v) is 4.02. The fraction of sp³-hybridized carbons (Fsp3) is 0.267. The van der Waals surface area contributed by atoms with E-state index in [9.17, 15) is 9.59 Å². The summed E-state index contributed by atoms with van der Waals surface area (Å²) in [6.45, 7) is 6.52. The van der Waals surface area contributed by atoms with E-state index in [1.54, 1.807) is 0 Å². The summed E-state index contributed by atoms with van der Waals surface area (Å²) in [6, 6.07) is 7.86. The van der Waals surface area contributed by atoms with Crippen LogP contribution >= 0.6 is 0 Å². The first kappa shape index (κ1) is 13.9. The molecule has 0 aromatic heterocycles. The molecule has 0 N–H and O–H groups in total. The number of aryl methyl sites for hydroxylation is 1. The largest absolute Gasteiger partial charge is 0.457 e. The molecule has 3 nitrogen and oxygen atoms in total. The van der Waals surface area contributed by atoms with Gasteiger partial charge in [-0.25, -0.2) is 0 Å². The summed E-state index contributed by atoms with van der Waals surface area (Å²) in [5.74, 6) is -0.733. The van der Waals surface area contributed by atoms with Crippen molar-refractivity contribution in [2.24, 2.45) is 0 Å². The van der Waals surface area contributed by atoms with Crippen LogP contribution in [0.3, 0.4) is 0 Å². The first-order valence-corrected chi connectivity index (χ1v) is 5.64. The minimum absolute atomic E-state index is 0.251. The average Bonchev–Trinajstić information content (AvgIpc) is 2.35. The summed E-state index contributed by atoms with van der Waals surface area (Å²) in [5.41, 5.74) is 5.21.